The molecule has 2 atom stereocenters. The number of hydrogen-bond donors (Lipinski definition) is 0. The molecule has 2 saturated heterocycles. The minimum absolute atomic E-state index is 0.0275. The standard InChI is InChI=1S/C29H41NO4/c1-3-23(18-27(5-1)32-12-9-30-7-10-31-11-8-30)24-4-2-6-28(19-24)20-29(34-33-28)25-14-21-13-22(16-25)17-26(29)15-21/h1,3,5,18,21-22,24-26H,2,4,6-17,19-20H2/t21?,22?,24?,25?,26?,28-,29?/m1/s1. The maximum atomic E-state index is 6.49. The number of benzene rings is 1. The Balaban J connectivity index is 1.01. The van der Waals surface area contributed by atoms with Gasteiger partial charge in [0.2, 0.25) is 0 Å². The van der Waals surface area contributed by atoms with Crippen molar-refractivity contribution in [3.05, 3.63) is 29.8 Å². The molecule has 0 radical (unpaired) electrons. The molecule has 8 rings (SSSR count). The monoisotopic (exact) mass is 467 g/mol. The molecule has 7 aliphatic rings. The van der Waals surface area contributed by atoms with Gasteiger partial charge in [0, 0.05) is 26.1 Å². The van der Waals surface area contributed by atoms with Gasteiger partial charge in [0.25, 0.3) is 0 Å². The Morgan fingerprint density at radius 2 is 1.76 bits per heavy atom. The van der Waals surface area contributed by atoms with Crippen molar-refractivity contribution >= 4 is 0 Å². The highest BCUT2D eigenvalue weighted by Gasteiger charge is 2.65. The number of morpholine rings is 1. The van der Waals surface area contributed by atoms with E-state index >= 15 is 0 Å². The molecule has 34 heavy (non-hydrogen) atoms. The molecular weight excluding hydrogens is 426 g/mol. The average molecular weight is 468 g/mol. The van der Waals surface area contributed by atoms with Crippen molar-refractivity contribution in [2.45, 2.75) is 81.3 Å². The van der Waals surface area contributed by atoms with Gasteiger partial charge in [0.15, 0.2) is 0 Å². The van der Waals surface area contributed by atoms with Gasteiger partial charge in [-0.25, -0.2) is 9.78 Å². The van der Waals surface area contributed by atoms with E-state index in [-0.39, 0.29) is 11.2 Å². The summed E-state index contributed by atoms with van der Waals surface area (Å²) >= 11 is 0. The summed E-state index contributed by atoms with van der Waals surface area (Å²) in [4.78, 5) is 15.3. The smallest absolute Gasteiger partial charge is 0.119 e. The zero-order valence-corrected chi connectivity index (χ0v) is 20.6. The van der Waals surface area contributed by atoms with Crippen LogP contribution >= 0.6 is 0 Å². The topological polar surface area (TPSA) is 40.2 Å². The fourth-order valence-corrected chi connectivity index (χ4v) is 8.96. The van der Waals surface area contributed by atoms with Crippen LogP contribution in [0.15, 0.2) is 24.3 Å². The minimum atomic E-state index is -0.0779. The van der Waals surface area contributed by atoms with Crippen molar-refractivity contribution < 1.29 is 19.2 Å². The molecule has 5 nitrogen and oxygen atoms in total. The summed E-state index contributed by atoms with van der Waals surface area (Å²) in [7, 11) is 0. The number of rotatable bonds is 5. The quantitative estimate of drug-likeness (QED) is 0.547. The molecule has 2 heterocycles. The van der Waals surface area contributed by atoms with Gasteiger partial charge in [0.05, 0.1) is 13.2 Å². The first kappa shape index (κ1) is 22.1. The number of nitrogens with zero attached hydrogens (tertiary/aromatic N) is 1. The van der Waals surface area contributed by atoms with E-state index in [4.69, 9.17) is 19.2 Å². The lowest BCUT2D eigenvalue weighted by Gasteiger charge is -2.58. The summed E-state index contributed by atoms with van der Waals surface area (Å²) < 4.78 is 11.6. The van der Waals surface area contributed by atoms with Crippen LogP contribution in [-0.4, -0.2) is 55.6 Å². The predicted molar refractivity (Wildman–Crippen MR) is 130 cm³/mol. The maximum Gasteiger partial charge on any atom is 0.119 e. The highest BCUT2D eigenvalue weighted by molar-refractivity contribution is 5.32. The van der Waals surface area contributed by atoms with Gasteiger partial charge >= 0.3 is 0 Å². The first-order valence-corrected chi connectivity index (χ1v) is 14.1. The summed E-state index contributed by atoms with van der Waals surface area (Å²) in [5, 5.41) is 0. The Morgan fingerprint density at radius 3 is 2.56 bits per heavy atom. The summed E-state index contributed by atoms with van der Waals surface area (Å²) in [6, 6.07) is 8.87. The van der Waals surface area contributed by atoms with E-state index in [2.05, 4.69) is 29.2 Å². The fraction of sp³-hybridized carbons (Fsp3) is 0.793. The molecule has 5 heteroatoms. The summed E-state index contributed by atoms with van der Waals surface area (Å²) in [6.45, 7) is 5.42. The molecule has 0 N–H and O–H groups in total. The lowest BCUT2D eigenvalue weighted by Crippen LogP contribution is -2.58. The van der Waals surface area contributed by atoms with Crippen molar-refractivity contribution in [2.75, 3.05) is 39.5 Å². The predicted octanol–water partition coefficient (Wildman–Crippen LogP) is 5.34. The van der Waals surface area contributed by atoms with E-state index in [1.165, 1.54) is 50.5 Å². The van der Waals surface area contributed by atoms with Crippen LogP contribution in [0, 0.1) is 23.7 Å². The Bertz CT molecular complexity index is 855. The van der Waals surface area contributed by atoms with Crippen molar-refractivity contribution in [3.63, 3.8) is 0 Å². The molecule has 4 bridgehead atoms. The molecule has 7 fully saturated rings. The van der Waals surface area contributed by atoms with Gasteiger partial charge in [-0.1, -0.05) is 12.1 Å². The van der Waals surface area contributed by atoms with E-state index < -0.39 is 0 Å². The Kier molecular flexibility index (Phi) is 5.69. The normalized spacial score (nSPS) is 43.7. The van der Waals surface area contributed by atoms with Gasteiger partial charge in [-0.15, -0.1) is 0 Å². The molecular formula is C29H41NO4. The van der Waals surface area contributed by atoms with Gasteiger partial charge in [-0.3, -0.25) is 4.90 Å². The molecule has 186 valence electrons. The van der Waals surface area contributed by atoms with Crippen molar-refractivity contribution in [3.8, 4) is 5.75 Å². The van der Waals surface area contributed by atoms with Crippen LogP contribution in [0.2, 0.25) is 0 Å². The molecule has 2 aliphatic heterocycles. The molecule has 1 aromatic carbocycles. The summed E-state index contributed by atoms with van der Waals surface area (Å²) in [6.07, 6.45) is 12.9. The van der Waals surface area contributed by atoms with E-state index in [0.29, 0.717) is 5.92 Å². The highest BCUT2D eigenvalue weighted by Crippen LogP contribution is 2.65. The highest BCUT2D eigenvalue weighted by atomic mass is 17.2. The van der Waals surface area contributed by atoms with Crippen molar-refractivity contribution in [1.82, 2.24) is 4.90 Å². The first-order chi connectivity index (χ1) is 16.7. The Hall–Kier alpha value is -1.14. The van der Waals surface area contributed by atoms with Crippen LogP contribution in [-0.2, 0) is 14.5 Å². The minimum Gasteiger partial charge on any atom is -0.492 e. The van der Waals surface area contributed by atoms with Gasteiger partial charge in [-0.2, -0.15) is 0 Å². The van der Waals surface area contributed by atoms with Crippen LogP contribution in [0.1, 0.15) is 75.7 Å². The third-order valence-corrected chi connectivity index (χ3v) is 10.4. The van der Waals surface area contributed by atoms with Crippen LogP contribution in [0.5, 0.6) is 5.75 Å². The van der Waals surface area contributed by atoms with Crippen LogP contribution in [0.3, 0.4) is 0 Å². The lowest BCUT2D eigenvalue weighted by molar-refractivity contribution is -0.385. The SMILES string of the molecule is c1cc(OCCN2CCOCC2)cc(C2CCC[C@@]3(C2)CC2(OO3)C3CC4CC(C3)CC2C4)c1. The van der Waals surface area contributed by atoms with Crippen LogP contribution in [0.4, 0.5) is 0 Å². The van der Waals surface area contributed by atoms with Gasteiger partial charge < -0.3 is 9.47 Å². The van der Waals surface area contributed by atoms with Crippen molar-refractivity contribution in [1.29, 1.82) is 0 Å². The molecule has 0 amide bonds. The molecule has 5 saturated carbocycles. The Labute approximate surface area is 204 Å². The molecule has 1 aromatic rings. The van der Waals surface area contributed by atoms with Crippen LogP contribution < -0.4 is 4.74 Å². The third kappa shape index (κ3) is 3.91. The van der Waals surface area contributed by atoms with E-state index in [0.717, 1.165) is 88.1 Å². The maximum absolute atomic E-state index is 6.49. The van der Waals surface area contributed by atoms with Gasteiger partial charge in [0.1, 0.15) is 23.6 Å². The molecule has 2 spiro atoms. The zero-order chi connectivity index (χ0) is 22.6. The average Bonchev–Trinajstić information content (AvgIpc) is 3.22. The second-order valence-corrected chi connectivity index (χ2v) is 12.5. The Morgan fingerprint density at radius 1 is 0.971 bits per heavy atom. The summed E-state index contributed by atoms with van der Waals surface area (Å²) in [5.74, 6) is 4.97. The molecule has 0 aromatic heterocycles. The molecule has 1 unspecified atom stereocenters. The lowest BCUT2D eigenvalue weighted by atomic mass is 9.48. The molecule has 5 aliphatic carbocycles. The third-order valence-electron chi connectivity index (χ3n) is 10.4. The summed E-state index contributed by atoms with van der Waals surface area (Å²) in [5.41, 5.74) is 1.36. The van der Waals surface area contributed by atoms with Crippen LogP contribution in [0.25, 0.3) is 0 Å². The van der Waals surface area contributed by atoms with Crippen molar-refractivity contribution in [2.24, 2.45) is 23.7 Å². The van der Waals surface area contributed by atoms with E-state index in [1.807, 2.05) is 0 Å². The van der Waals surface area contributed by atoms with E-state index in [9.17, 15) is 0 Å². The number of hydrogen-bond acceptors (Lipinski definition) is 5. The van der Waals surface area contributed by atoms with Gasteiger partial charge in [-0.05, 0) is 105 Å². The second-order valence-electron chi connectivity index (χ2n) is 12.5. The first-order valence-electron chi connectivity index (χ1n) is 14.1. The second kappa shape index (κ2) is 8.76. The largest absolute Gasteiger partial charge is 0.492 e. The zero-order valence-electron chi connectivity index (χ0n) is 20.6. The fourth-order valence-electron chi connectivity index (χ4n) is 8.96. The number of ether oxygens (including phenoxy) is 2. The van der Waals surface area contributed by atoms with E-state index in [1.54, 1.807) is 0 Å².